The summed E-state index contributed by atoms with van der Waals surface area (Å²) >= 11 is 1.27. The van der Waals surface area contributed by atoms with Crippen molar-refractivity contribution in [3.8, 4) is 5.75 Å². The Hall–Kier alpha value is -1.89. The van der Waals surface area contributed by atoms with Gasteiger partial charge in [-0.2, -0.15) is 0 Å². The van der Waals surface area contributed by atoms with Crippen LogP contribution in [-0.4, -0.2) is 49.7 Å². The summed E-state index contributed by atoms with van der Waals surface area (Å²) in [6.07, 6.45) is 1.84. The van der Waals surface area contributed by atoms with E-state index in [4.69, 9.17) is 13.8 Å². The third-order valence-electron chi connectivity index (χ3n) is 3.32. The lowest BCUT2D eigenvalue weighted by atomic mass is 10.1. The molecule has 140 valence electrons. The minimum Gasteiger partial charge on any atom is -0.478 e. The second-order valence-electron chi connectivity index (χ2n) is 5.40. The lowest BCUT2D eigenvalue weighted by Crippen LogP contribution is -2.14. The molecule has 0 aliphatic heterocycles. The van der Waals surface area contributed by atoms with Crippen molar-refractivity contribution in [2.45, 2.75) is 34.6 Å². The number of aryl methyl sites for hydroxylation is 2. The van der Waals surface area contributed by atoms with Gasteiger partial charge in [-0.1, -0.05) is 5.16 Å². The lowest BCUT2D eigenvalue weighted by molar-refractivity contribution is 0.145. The first-order valence-electron chi connectivity index (χ1n) is 8.48. The monoisotopic (exact) mass is 367 g/mol. The summed E-state index contributed by atoms with van der Waals surface area (Å²) < 4.78 is 11.2. The molecule has 1 aromatic carbocycles. The molecule has 0 atom stereocenters. The number of rotatable bonds is 10. The molecule has 0 saturated heterocycles. The first-order valence-corrected chi connectivity index (χ1v) is 9.39. The fourth-order valence-electron chi connectivity index (χ4n) is 1.79. The van der Waals surface area contributed by atoms with Crippen molar-refractivity contribution in [3.63, 3.8) is 0 Å². The zero-order valence-electron chi connectivity index (χ0n) is 16.0. The highest BCUT2D eigenvalue weighted by Crippen LogP contribution is 2.30. The maximum absolute atomic E-state index is 5.81. The van der Waals surface area contributed by atoms with Gasteiger partial charge in [0.05, 0.1) is 30.7 Å². The molecule has 7 heteroatoms. The van der Waals surface area contributed by atoms with E-state index in [1.807, 2.05) is 58.1 Å². The van der Waals surface area contributed by atoms with Crippen molar-refractivity contribution in [3.05, 3.63) is 23.3 Å². The van der Waals surface area contributed by atoms with Gasteiger partial charge in [0.1, 0.15) is 18.1 Å². The fraction of sp³-hybridized carbons (Fsp3) is 0.556. The molecular weight excluding hydrogens is 338 g/mol. The summed E-state index contributed by atoms with van der Waals surface area (Å²) in [6.45, 7) is 11.9. The Morgan fingerprint density at radius 2 is 1.92 bits per heavy atom. The van der Waals surface area contributed by atoms with E-state index >= 15 is 0 Å². The van der Waals surface area contributed by atoms with E-state index in [2.05, 4.69) is 17.1 Å². The molecule has 1 rings (SSSR count). The van der Waals surface area contributed by atoms with Crippen LogP contribution >= 0.6 is 12.0 Å². The molecular formula is C18H29N3O3S. The lowest BCUT2D eigenvalue weighted by Gasteiger charge is -2.12. The van der Waals surface area contributed by atoms with Crippen molar-refractivity contribution in [1.82, 2.24) is 4.90 Å². The average Bonchev–Trinajstić information content (AvgIpc) is 2.60. The van der Waals surface area contributed by atoms with Gasteiger partial charge >= 0.3 is 0 Å². The van der Waals surface area contributed by atoms with E-state index in [1.54, 1.807) is 0 Å². The maximum atomic E-state index is 5.81. The maximum Gasteiger partial charge on any atom is 0.239 e. The molecule has 0 bridgehead atoms. The predicted octanol–water partition coefficient (Wildman–Crippen LogP) is 4.33. The zero-order valence-corrected chi connectivity index (χ0v) is 16.9. The normalized spacial score (nSPS) is 11.7. The largest absolute Gasteiger partial charge is 0.478 e. The first-order chi connectivity index (χ1) is 12.0. The standard InChI is InChI=1S/C18H29N3O3S/c1-7-21(6)13-19-16-10-15(5)17(11-14(16)4)24-25-12-18(22-8-2)20-23-9-3/h10-11,13H,7-9,12H2,1-6H3/b19-13?,20-18+. The highest BCUT2D eigenvalue weighted by molar-refractivity contribution is 7.95. The van der Waals surface area contributed by atoms with Crippen molar-refractivity contribution >= 4 is 30.0 Å². The van der Waals surface area contributed by atoms with Gasteiger partial charge in [0, 0.05) is 13.6 Å². The molecule has 0 aliphatic rings. The number of ether oxygens (including phenoxy) is 1. The average molecular weight is 368 g/mol. The topological polar surface area (TPSA) is 55.7 Å². The zero-order chi connectivity index (χ0) is 18.7. The van der Waals surface area contributed by atoms with Gasteiger partial charge in [0.15, 0.2) is 0 Å². The fourth-order valence-corrected chi connectivity index (χ4v) is 2.39. The van der Waals surface area contributed by atoms with Crippen LogP contribution in [0, 0.1) is 13.8 Å². The van der Waals surface area contributed by atoms with Gasteiger partial charge in [-0.25, -0.2) is 4.99 Å². The van der Waals surface area contributed by atoms with Crippen LogP contribution in [0.5, 0.6) is 5.75 Å². The molecule has 0 aliphatic carbocycles. The van der Waals surface area contributed by atoms with E-state index in [-0.39, 0.29) is 0 Å². The van der Waals surface area contributed by atoms with Crippen LogP contribution < -0.4 is 4.18 Å². The van der Waals surface area contributed by atoms with E-state index in [0.29, 0.717) is 24.9 Å². The number of benzene rings is 1. The molecule has 0 heterocycles. The third-order valence-corrected chi connectivity index (χ3v) is 3.99. The van der Waals surface area contributed by atoms with Crippen LogP contribution in [0.25, 0.3) is 0 Å². The first kappa shape index (κ1) is 21.2. The molecule has 0 spiro atoms. The highest BCUT2D eigenvalue weighted by atomic mass is 32.2. The summed E-state index contributed by atoms with van der Waals surface area (Å²) in [6, 6.07) is 4.03. The molecule has 0 amide bonds. The Morgan fingerprint density at radius 3 is 2.56 bits per heavy atom. The van der Waals surface area contributed by atoms with Gasteiger partial charge in [0.2, 0.25) is 5.90 Å². The Labute approximate surface area is 155 Å². The molecule has 0 unspecified atom stereocenters. The van der Waals surface area contributed by atoms with E-state index in [0.717, 1.165) is 29.1 Å². The second-order valence-corrected chi connectivity index (χ2v) is 6.09. The van der Waals surface area contributed by atoms with Crippen molar-refractivity contribution in [2.24, 2.45) is 10.1 Å². The van der Waals surface area contributed by atoms with Gasteiger partial charge < -0.3 is 18.7 Å². The molecule has 0 N–H and O–H groups in total. The summed E-state index contributed by atoms with van der Waals surface area (Å²) in [7, 11) is 2.00. The molecule has 1 aromatic rings. The van der Waals surface area contributed by atoms with Crippen LogP contribution in [0.1, 0.15) is 31.9 Å². The number of aliphatic imine (C=N–C) groups is 1. The van der Waals surface area contributed by atoms with Crippen LogP contribution in [0.2, 0.25) is 0 Å². The quantitative estimate of drug-likeness (QED) is 0.267. The Balaban J connectivity index is 2.70. The number of nitrogens with zero attached hydrogens (tertiary/aromatic N) is 3. The van der Waals surface area contributed by atoms with Gasteiger partial charge in [0.25, 0.3) is 0 Å². The van der Waals surface area contributed by atoms with Gasteiger partial charge in [-0.3, -0.25) is 0 Å². The third kappa shape index (κ3) is 7.69. The number of oxime groups is 1. The Morgan fingerprint density at radius 1 is 1.16 bits per heavy atom. The van der Waals surface area contributed by atoms with Crippen molar-refractivity contribution in [2.75, 3.05) is 32.6 Å². The van der Waals surface area contributed by atoms with Gasteiger partial charge in [-0.05, 0) is 57.9 Å². The predicted molar refractivity (Wildman–Crippen MR) is 106 cm³/mol. The van der Waals surface area contributed by atoms with Crippen LogP contribution in [-0.2, 0) is 9.57 Å². The number of hydrogen-bond donors (Lipinski definition) is 0. The highest BCUT2D eigenvalue weighted by Gasteiger charge is 2.08. The smallest absolute Gasteiger partial charge is 0.239 e. The summed E-state index contributed by atoms with van der Waals surface area (Å²) in [4.78, 5) is 11.6. The van der Waals surface area contributed by atoms with Crippen molar-refractivity contribution in [1.29, 1.82) is 0 Å². The molecule has 25 heavy (non-hydrogen) atoms. The van der Waals surface area contributed by atoms with Crippen LogP contribution in [0.4, 0.5) is 5.69 Å². The molecule has 0 aromatic heterocycles. The van der Waals surface area contributed by atoms with E-state index in [1.165, 1.54) is 12.0 Å². The molecule has 0 radical (unpaired) electrons. The van der Waals surface area contributed by atoms with Crippen LogP contribution in [0.15, 0.2) is 22.3 Å². The Kier molecular flexibility index (Phi) is 9.84. The summed E-state index contributed by atoms with van der Waals surface area (Å²) in [5, 5.41) is 3.94. The van der Waals surface area contributed by atoms with Crippen molar-refractivity contribution < 1.29 is 13.8 Å². The SMILES string of the molecule is CCO/N=C(\CSOc1cc(C)c(N=CN(C)CC)cc1C)OCC. The Bertz CT molecular complexity index is 591. The summed E-state index contributed by atoms with van der Waals surface area (Å²) in [5.74, 6) is 1.82. The van der Waals surface area contributed by atoms with Crippen LogP contribution in [0.3, 0.4) is 0 Å². The summed E-state index contributed by atoms with van der Waals surface area (Å²) in [5.41, 5.74) is 3.04. The minimum atomic E-state index is 0.480. The second kappa shape index (κ2) is 11.6. The number of hydrogen-bond acceptors (Lipinski definition) is 6. The minimum absolute atomic E-state index is 0.480. The molecule has 6 nitrogen and oxygen atoms in total. The van der Waals surface area contributed by atoms with E-state index in [9.17, 15) is 0 Å². The molecule has 0 fully saturated rings. The molecule has 0 saturated carbocycles. The van der Waals surface area contributed by atoms with E-state index < -0.39 is 0 Å². The van der Waals surface area contributed by atoms with Gasteiger partial charge in [-0.15, -0.1) is 0 Å².